The molecule has 170 valence electrons. The van der Waals surface area contributed by atoms with Gasteiger partial charge in [-0.25, -0.2) is 0 Å². The average molecular weight is 448 g/mol. The van der Waals surface area contributed by atoms with Gasteiger partial charge in [-0.2, -0.15) is 0 Å². The maximum Gasteiger partial charge on any atom is 0.265 e. The fourth-order valence-corrected chi connectivity index (χ4v) is 6.10. The maximum absolute atomic E-state index is 13.0. The van der Waals surface area contributed by atoms with E-state index in [1.165, 1.54) is 17.8 Å². The standard InChI is InChI=1S/C23H33N3O4S/c1-22(2)7-18(22)20(27)26-13-23(14-26)12-25(21(28)19-8-24-15-31-19)9-16(23)10-29-11-17-5-3-4-6-30-17/h8,15-18H,3-7,9-14H2,1-2H3/t16-,17?,18+/m0/s1. The van der Waals surface area contributed by atoms with E-state index in [0.29, 0.717) is 31.2 Å². The van der Waals surface area contributed by atoms with Crippen molar-refractivity contribution < 1.29 is 19.1 Å². The molecule has 0 aromatic carbocycles. The monoisotopic (exact) mass is 447 g/mol. The van der Waals surface area contributed by atoms with E-state index in [-0.39, 0.29) is 40.6 Å². The summed E-state index contributed by atoms with van der Waals surface area (Å²) in [6, 6.07) is 0. The van der Waals surface area contributed by atoms with E-state index >= 15 is 0 Å². The summed E-state index contributed by atoms with van der Waals surface area (Å²) in [5.74, 6) is 0.745. The highest BCUT2D eigenvalue weighted by atomic mass is 32.1. The van der Waals surface area contributed by atoms with Crippen molar-refractivity contribution in [3.8, 4) is 0 Å². The number of nitrogens with zero attached hydrogens (tertiary/aromatic N) is 3. The third-order valence-corrected chi connectivity index (χ3v) is 8.54. The highest BCUT2D eigenvalue weighted by Crippen LogP contribution is 2.54. The first-order chi connectivity index (χ1) is 14.9. The number of amides is 2. The minimum atomic E-state index is -0.0531. The quantitative estimate of drug-likeness (QED) is 0.671. The predicted molar refractivity (Wildman–Crippen MR) is 117 cm³/mol. The lowest BCUT2D eigenvalue weighted by atomic mass is 9.71. The van der Waals surface area contributed by atoms with Crippen LogP contribution < -0.4 is 0 Å². The smallest absolute Gasteiger partial charge is 0.265 e. The molecule has 4 heterocycles. The molecular formula is C23H33N3O4S. The molecule has 0 N–H and O–H groups in total. The largest absolute Gasteiger partial charge is 0.378 e. The predicted octanol–water partition coefficient (Wildman–Crippen LogP) is 2.68. The summed E-state index contributed by atoms with van der Waals surface area (Å²) < 4.78 is 11.9. The summed E-state index contributed by atoms with van der Waals surface area (Å²) in [7, 11) is 0. The van der Waals surface area contributed by atoms with Crippen molar-refractivity contribution in [1.82, 2.24) is 14.8 Å². The second kappa shape index (κ2) is 8.12. The topological polar surface area (TPSA) is 72.0 Å². The molecule has 1 aliphatic carbocycles. The van der Waals surface area contributed by atoms with Crippen molar-refractivity contribution >= 4 is 23.2 Å². The van der Waals surface area contributed by atoms with Gasteiger partial charge in [0.05, 0.1) is 31.0 Å². The lowest BCUT2D eigenvalue weighted by Gasteiger charge is -2.51. The van der Waals surface area contributed by atoms with Crippen LogP contribution in [0.4, 0.5) is 0 Å². The van der Waals surface area contributed by atoms with Crippen molar-refractivity contribution in [2.75, 3.05) is 46.0 Å². The number of ether oxygens (including phenoxy) is 2. The number of likely N-dealkylation sites (tertiary alicyclic amines) is 2. The molecule has 0 radical (unpaired) electrons. The van der Waals surface area contributed by atoms with Crippen LogP contribution in [-0.4, -0.2) is 78.7 Å². The van der Waals surface area contributed by atoms with E-state index in [0.717, 1.165) is 39.0 Å². The van der Waals surface area contributed by atoms with E-state index in [9.17, 15) is 9.59 Å². The number of hydrogen-bond donors (Lipinski definition) is 0. The van der Waals surface area contributed by atoms with E-state index in [1.807, 2.05) is 9.80 Å². The molecule has 31 heavy (non-hydrogen) atoms. The third kappa shape index (κ3) is 4.14. The van der Waals surface area contributed by atoms with Crippen LogP contribution in [0.5, 0.6) is 0 Å². The summed E-state index contributed by atoms with van der Waals surface area (Å²) in [5, 5.41) is 0. The van der Waals surface area contributed by atoms with Gasteiger partial charge < -0.3 is 19.3 Å². The minimum Gasteiger partial charge on any atom is -0.378 e. The van der Waals surface area contributed by atoms with Crippen LogP contribution in [-0.2, 0) is 14.3 Å². The Balaban J connectivity index is 1.22. The van der Waals surface area contributed by atoms with Crippen LogP contribution in [0.15, 0.2) is 11.7 Å². The molecule has 3 saturated heterocycles. The number of carbonyl (C=O) groups is 2. The Bertz CT molecular complexity index is 815. The number of rotatable bonds is 6. The van der Waals surface area contributed by atoms with E-state index in [4.69, 9.17) is 9.47 Å². The van der Waals surface area contributed by atoms with E-state index < -0.39 is 0 Å². The van der Waals surface area contributed by atoms with Crippen molar-refractivity contribution in [3.63, 3.8) is 0 Å². The van der Waals surface area contributed by atoms with Crippen LogP contribution in [0, 0.1) is 22.7 Å². The maximum atomic E-state index is 13.0. The molecule has 8 heteroatoms. The van der Waals surface area contributed by atoms with Gasteiger partial charge in [-0.05, 0) is 31.1 Å². The molecule has 1 aromatic heterocycles. The summed E-state index contributed by atoms with van der Waals surface area (Å²) in [5.41, 5.74) is 1.79. The Morgan fingerprint density at radius 2 is 2.00 bits per heavy atom. The van der Waals surface area contributed by atoms with Gasteiger partial charge >= 0.3 is 0 Å². The van der Waals surface area contributed by atoms with Crippen LogP contribution in [0.3, 0.4) is 0 Å². The summed E-state index contributed by atoms with van der Waals surface area (Å²) in [6.45, 7) is 9.23. The Morgan fingerprint density at radius 1 is 1.23 bits per heavy atom. The first-order valence-electron chi connectivity index (χ1n) is 11.5. The van der Waals surface area contributed by atoms with Gasteiger partial charge in [0, 0.05) is 50.0 Å². The van der Waals surface area contributed by atoms with Crippen molar-refractivity contribution in [1.29, 1.82) is 0 Å². The average Bonchev–Trinajstić information content (AvgIpc) is 3.11. The van der Waals surface area contributed by atoms with Gasteiger partial charge in [-0.1, -0.05) is 13.8 Å². The first kappa shape index (κ1) is 21.3. The van der Waals surface area contributed by atoms with Gasteiger partial charge in [0.2, 0.25) is 5.91 Å². The highest BCUT2D eigenvalue weighted by Gasteiger charge is 2.60. The lowest BCUT2D eigenvalue weighted by molar-refractivity contribution is -0.149. The zero-order valence-corrected chi connectivity index (χ0v) is 19.4. The van der Waals surface area contributed by atoms with Crippen LogP contribution >= 0.6 is 11.3 Å². The number of aromatic nitrogens is 1. The Labute approximate surface area is 188 Å². The van der Waals surface area contributed by atoms with Crippen LogP contribution in [0.1, 0.15) is 49.2 Å². The normalized spacial score (nSPS) is 31.0. The molecule has 4 fully saturated rings. The first-order valence-corrected chi connectivity index (χ1v) is 12.4. The van der Waals surface area contributed by atoms with E-state index in [2.05, 4.69) is 18.8 Å². The lowest BCUT2D eigenvalue weighted by Crippen LogP contribution is -2.63. The molecule has 2 amide bonds. The molecule has 1 spiro atoms. The summed E-state index contributed by atoms with van der Waals surface area (Å²) >= 11 is 1.38. The summed E-state index contributed by atoms with van der Waals surface area (Å²) in [6.07, 6.45) is 6.23. The summed E-state index contributed by atoms with van der Waals surface area (Å²) in [4.78, 5) is 34.5. The van der Waals surface area contributed by atoms with Crippen LogP contribution in [0.2, 0.25) is 0 Å². The third-order valence-electron chi connectivity index (χ3n) is 7.77. The van der Waals surface area contributed by atoms with Gasteiger partial charge in [-0.3, -0.25) is 14.6 Å². The second-order valence-electron chi connectivity index (χ2n) is 10.6. The van der Waals surface area contributed by atoms with Crippen molar-refractivity contribution in [2.24, 2.45) is 22.7 Å². The molecule has 1 saturated carbocycles. The van der Waals surface area contributed by atoms with Crippen LogP contribution in [0.25, 0.3) is 0 Å². The molecule has 1 aromatic rings. The Kier molecular flexibility index (Phi) is 5.59. The molecule has 7 nitrogen and oxygen atoms in total. The Morgan fingerprint density at radius 3 is 2.65 bits per heavy atom. The van der Waals surface area contributed by atoms with Gasteiger partial charge in [0.25, 0.3) is 5.91 Å². The SMILES string of the molecule is CC1(C)C[C@@H]1C(=O)N1CC2(CN(C(=O)c3cncs3)C[C@H]2COCC2CCCCO2)C1. The highest BCUT2D eigenvalue weighted by molar-refractivity contribution is 7.11. The van der Waals surface area contributed by atoms with Crippen molar-refractivity contribution in [3.05, 3.63) is 16.6 Å². The molecule has 5 rings (SSSR count). The number of carbonyl (C=O) groups excluding carboxylic acids is 2. The zero-order chi connectivity index (χ0) is 21.6. The Hall–Kier alpha value is -1.51. The second-order valence-corrected chi connectivity index (χ2v) is 11.5. The fraction of sp³-hybridized carbons (Fsp3) is 0.783. The van der Waals surface area contributed by atoms with Gasteiger partial charge in [-0.15, -0.1) is 11.3 Å². The number of hydrogen-bond acceptors (Lipinski definition) is 6. The van der Waals surface area contributed by atoms with Crippen molar-refractivity contribution in [2.45, 2.75) is 45.6 Å². The molecule has 3 atom stereocenters. The fourth-order valence-electron chi connectivity index (χ4n) is 5.51. The van der Waals surface area contributed by atoms with Gasteiger partial charge in [0.15, 0.2) is 0 Å². The number of thiazole rings is 1. The molecular weight excluding hydrogens is 414 g/mol. The van der Waals surface area contributed by atoms with Gasteiger partial charge in [0.1, 0.15) is 4.88 Å². The molecule has 4 aliphatic rings. The molecule has 0 bridgehead atoms. The minimum absolute atomic E-state index is 0.0492. The zero-order valence-electron chi connectivity index (χ0n) is 18.5. The molecule has 3 aliphatic heterocycles. The molecule has 1 unspecified atom stereocenters. The van der Waals surface area contributed by atoms with E-state index in [1.54, 1.807) is 11.7 Å².